The molecule has 1 saturated heterocycles. The van der Waals surface area contributed by atoms with Crippen molar-refractivity contribution in [3.8, 4) is 22.5 Å². The van der Waals surface area contributed by atoms with Crippen LogP contribution in [-0.4, -0.2) is 45.7 Å². The number of ether oxygens (including phenoxy) is 1. The van der Waals surface area contributed by atoms with Crippen LogP contribution in [0.15, 0.2) is 97.1 Å². The van der Waals surface area contributed by atoms with Gasteiger partial charge in [-0.1, -0.05) is 60.7 Å². The van der Waals surface area contributed by atoms with Crippen LogP contribution in [0.3, 0.4) is 0 Å². The van der Waals surface area contributed by atoms with E-state index in [-0.39, 0.29) is 6.09 Å². The number of amides is 1. The Labute approximate surface area is 277 Å². The molecule has 242 valence electrons. The summed E-state index contributed by atoms with van der Waals surface area (Å²) in [6.07, 6.45) is 1.60. The number of nitrogens with zero attached hydrogens (tertiary/aromatic N) is 1. The second kappa shape index (κ2) is 13.3. The number of nitrogen functional groups attached to an aromatic ring is 1. The van der Waals surface area contributed by atoms with E-state index in [1.807, 2.05) is 56.0 Å². The number of rotatable bonds is 4. The van der Waals surface area contributed by atoms with Gasteiger partial charge in [-0.15, -0.1) is 0 Å². The SMILES string of the molecule is Cc1cc(N)c2[nH]c(-c3ccccc3)cc2c1.Cc1cc(NC2CCN(C(=O)OC(C)(C)C)CC2)c2[nH]c(-c3ccccc3)cc2c1. The van der Waals surface area contributed by atoms with Gasteiger partial charge in [0.1, 0.15) is 5.60 Å². The number of aryl methyl sites for hydroxylation is 2. The molecule has 0 saturated carbocycles. The minimum Gasteiger partial charge on any atom is -0.444 e. The molecule has 0 radical (unpaired) electrons. The molecule has 0 spiro atoms. The number of benzene rings is 4. The van der Waals surface area contributed by atoms with Gasteiger partial charge in [0.05, 0.1) is 22.4 Å². The highest BCUT2D eigenvalue weighted by Gasteiger charge is 2.27. The Morgan fingerprint density at radius 2 is 1.28 bits per heavy atom. The zero-order valence-corrected chi connectivity index (χ0v) is 28.0. The number of hydrogen-bond acceptors (Lipinski definition) is 4. The van der Waals surface area contributed by atoms with Crippen LogP contribution in [0, 0.1) is 13.8 Å². The van der Waals surface area contributed by atoms with Crippen molar-refractivity contribution in [1.29, 1.82) is 0 Å². The van der Waals surface area contributed by atoms with Gasteiger partial charge in [0.15, 0.2) is 0 Å². The Morgan fingerprint density at radius 3 is 1.83 bits per heavy atom. The van der Waals surface area contributed by atoms with Gasteiger partial charge < -0.3 is 30.7 Å². The summed E-state index contributed by atoms with van der Waals surface area (Å²) in [4.78, 5) is 21.1. The molecule has 1 aliphatic rings. The maximum absolute atomic E-state index is 12.3. The number of nitrogens with one attached hydrogen (secondary N) is 3. The molecule has 7 rings (SSSR count). The summed E-state index contributed by atoms with van der Waals surface area (Å²) in [6.45, 7) is 11.3. The molecule has 7 heteroatoms. The van der Waals surface area contributed by atoms with Gasteiger partial charge in [0.25, 0.3) is 0 Å². The van der Waals surface area contributed by atoms with Crippen molar-refractivity contribution < 1.29 is 9.53 Å². The lowest BCUT2D eigenvalue weighted by atomic mass is 10.0. The van der Waals surface area contributed by atoms with Crippen molar-refractivity contribution in [2.45, 2.75) is 59.1 Å². The molecule has 2 aromatic heterocycles. The zero-order chi connectivity index (χ0) is 33.1. The number of aromatic amines is 2. The number of piperidine rings is 1. The molecule has 0 aliphatic carbocycles. The number of nitrogens with two attached hydrogens (primary N) is 1. The molecule has 0 unspecified atom stereocenters. The fourth-order valence-electron chi connectivity index (χ4n) is 6.23. The van der Waals surface area contributed by atoms with Crippen LogP contribution in [0.4, 0.5) is 16.2 Å². The van der Waals surface area contributed by atoms with E-state index < -0.39 is 5.60 Å². The van der Waals surface area contributed by atoms with E-state index in [2.05, 4.69) is 95.9 Å². The molecular formula is C40H45N5O2. The van der Waals surface area contributed by atoms with Gasteiger partial charge in [0, 0.05) is 41.3 Å². The van der Waals surface area contributed by atoms with Gasteiger partial charge in [-0.05, 0) is 106 Å². The van der Waals surface area contributed by atoms with Crippen LogP contribution in [0.5, 0.6) is 0 Å². The number of hydrogen-bond donors (Lipinski definition) is 4. The maximum atomic E-state index is 12.3. The van der Waals surface area contributed by atoms with Crippen molar-refractivity contribution in [3.63, 3.8) is 0 Å². The molecule has 1 amide bonds. The van der Waals surface area contributed by atoms with Crippen LogP contribution >= 0.6 is 0 Å². The van der Waals surface area contributed by atoms with Gasteiger partial charge in [-0.25, -0.2) is 4.79 Å². The molecule has 7 nitrogen and oxygen atoms in total. The van der Waals surface area contributed by atoms with Crippen LogP contribution in [0.25, 0.3) is 44.3 Å². The molecule has 1 fully saturated rings. The van der Waals surface area contributed by atoms with Gasteiger partial charge in [-0.3, -0.25) is 0 Å². The number of H-pyrrole nitrogens is 2. The molecule has 47 heavy (non-hydrogen) atoms. The molecule has 0 atom stereocenters. The van der Waals surface area contributed by atoms with E-state index in [1.54, 1.807) is 0 Å². The predicted molar refractivity (Wildman–Crippen MR) is 196 cm³/mol. The first-order chi connectivity index (χ1) is 22.5. The van der Waals surface area contributed by atoms with E-state index in [9.17, 15) is 4.79 Å². The summed E-state index contributed by atoms with van der Waals surface area (Å²) >= 11 is 0. The lowest BCUT2D eigenvalue weighted by Crippen LogP contribution is -2.44. The summed E-state index contributed by atoms with van der Waals surface area (Å²) in [5.74, 6) is 0. The summed E-state index contributed by atoms with van der Waals surface area (Å²) in [5, 5.41) is 6.11. The first kappa shape index (κ1) is 31.8. The monoisotopic (exact) mass is 627 g/mol. The topological polar surface area (TPSA) is 99.2 Å². The fourth-order valence-corrected chi connectivity index (χ4v) is 6.23. The molecule has 3 heterocycles. The Balaban J connectivity index is 0.000000191. The quantitative estimate of drug-likeness (QED) is 0.146. The lowest BCUT2D eigenvalue weighted by Gasteiger charge is -2.34. The standard InChI is InChI=1S/C25H31N3O2.C15H14N2/c1-17-14-19-16-21(18-8-6-5-7-9-18)27-23(19)22(15-17)26-20-10-12-28(13-11-20)24(29)30-25(2,3)4;1-10-7-12-9-14(11-5-3-2-4-6-11)17-15(12)13(16)8-10/h5-9,14-16,20,26-27H,10-13H2,1-4H3;2-9,17H,16H2,1H3. The molecular weight excluding hydrogens is 582 g/mol. The highest BCUT2D eigenvalue weighted by atomic mass is 16.6. The molecule has 5 N–H and O–H groups in total. The largest absolute Gasteiger partial charge is 0.444 e. The summed E-state index contributed by atoms with van der Waals surface area (Å²) in [7, 11) is 0. The third-order valence-electron chi connectivity index (χ3n) is 8.45. The minimum absolute atomic E-state index is 0.212. The second-order valence-corrected chi connectivity index (χ2v) is 13.6. The fraction of sp³-hybridized carbons (Fsp3) is 0.275. The van der Waals surface area contributed by atoms with Crippen LogP contribution in [0.2, 0.25) is 0 Å². The summed E-state index contributed by atoms with van der Waals surface area (Å²) < 4.78 is 5.51. The summed E-state index contributed by atoms with van der Waals surface area (Å²) in [5.41, 5.74) is 16.7. The number of aromatic nitrogens is 2. The van der Waals surface area contributed by atoms with Crippen molar-refractivity contribution in [3.05, 3.63) is 108 Å². The number of likely N-dealkylation sites (tertiary alicyclic amines) is 1. The van der Waals surface area contributed by atoms with Crippen molar-refractivity contribution in [2.24, 2.45) is 0 Å². The van der Waals surface area contributed by atoms with Crippen molar-refractivity contribution in [1.82, 2.24) is 14.9 Å². The molecule has 6 aromatic rings. The zero-order valence-electron chi connectivity index (χ0n) is 28.0. The molecule has 4 aromatic carbocycles. The third kappa shape index (κ3) is 7.63. The second-order valence-electron chi connectivity index (χ2n) is 13.6. The average molecular weight is 628 g/mol. The first-order valence-corrected chi connectivity index (χ1v) is 16.4. The predicted octanol–water partition coefficient (Wildman–Crippen LogP) is 9.68. The first-order valence-electron chi connectivity index (χ1n) is 16.4. The molecule has 1 aliphatic heterocycles. The van der Waals surface area contributed by atoms with Gasteiger partial charge >= 0.3 is 6.09 Å². The minimum atomic E-state index is -0.455. The third-order valence-corrected chi connectivity index (χ3v) is 8.45. The van der Waals surface area contributed by atoms with E-state index in [0.29, 0.717) is 19.1 Å². The van der Waals surface area contributed by atoms with Crippen molar-refractivity contribution >= 4 is 39.3 Å². The van der Waals surface area contributed by atoms with Crippen molar-refractivity contribution in [2.75, 3.05) is 24.1 Å². The van der Waals surface area contributed by atoms with E-state index in [0.717, 1.165) is 46.6 Å². The number of anilines is 2. The Bertz CT molecular complexity index is 1980. The van der Waals surface area contributed by atoms with E-state index in [4.69, 9.17) is 10.5 Å². The number of fused-ring (bicyclic) bond motifs is 2. The average Bonchev–Trinajstić information content (AvgIpc) is 3.67. The highest BCUT2D eigenvalue weighted by molar-refractivity contribution is 5.96. The van der Waals surface area contributed by atoms with E-state index >= 15 is 0 Å². The normalized spacial score (nSPS) is 13.8. The van der Waals surface area contributed by atoms with Crippen LogP contribution < -0.4 is 11.1 Å². The lowest BCUT2D eigenvalue weighted by molar-refractivity contribution is 0.0210. The Kier molecular flexibility index (Phi) is 8.99. The maximum Gasteiger partial charge on any atom is 0.410 e. The van der Waals surface area contributed by atoms with E-state index in [1.165, 1.54) is 33.0 Å². The number of carbonyl (C=O) groups excluding carboxylic acids is 1. The van der Waals surface area contributed by atoms with Gasteiger partial charge in [-0.2, -0.15) is 0 Å². The highest BCUT2D eigenvalue weighted by Crippen LogP contribution is 2.32. The van der Waals surface area contributed by atoms with Crippen LogP contribution in [-0.2, 0) is 4.74 Å². The smallest absolute Gasteiger partial charge is 0.410 e. The molecule has 0 bridgehead atoms. The Morgan fingerprint density at radius 1 is 0.766 bits per heavy atom. The summed E-state index contributed by atoms with van der Waals surface area (Å²) in [6, 6.07) is 33.9. The van der Waals surface area contributed by atoms with Gasteiger partial charge in [0.2, 0.25) is 0 Å². The number of carbonyl (C=O) groups is 1. The Hall–Kier alpha value is -5.17. The van der Waals surface area contributed by atoms with Crippen LogP contribution in [0.1, 0.15) is 44.7 Å².